The highest BCUT2D eigenvalue weighted by Crippen LogP contribution is 2.32. The summed E-state index contributed by atoms with van der Waals surface area (Å²) in [5.41, 5.74) is 1.20. The lowest BCUT2D eigenvalue weighted by Gasteiger charge is -2.08. The van der Waals surface area contributed by atoms with Gasteiger partial charge in [0.25, 0.3) is 0 Å². The zero-order valence-corrected chi connectivity index (χ0v) is 11.2. The summed E-state index contributed by atoms with van der Waals surface area (Å²) in [4.78, 5) is 0.971. The quantitative estimate of drug-likeness (QED) is 0.789. The van der Waals surface area contributed by atoms with E-state index in [0.717, 1.165) is 10.6 Å². The lowest BCUT2D eigenvalue weighted by molar-refractivity contribution is 0.405. The molecule has 2 aromatic rings. The van der Waals surface area contributed by atoms with Gasteiger partial charge in [0.2, 0.25) is 0 Å². The van der Waals surface area contributed by atoms with Crippen LogP contribution < -0.4 is 4.74 Å². The van der Waals surface area contributed by atoms with E-state index in [-0.39, 0.29) is 5.82 Å². The second-order valence-electron chi connectivity index (χ2n) is 3.85. The average molecular weight is 273 g/mol. The molecule has 2 nitrogen and oxygen atoms in total. The van der Waals surface area contributed by atoms with Gasteiger partial charge in [-0.05, 0) is 35.9 Å². The number of thioether (sulfide) groups is 1. The molecule has 0 aromatic heterocycles. The molecule has 0 bridgehead atoms. The number of nitriles is 1. The molecule has 2 aromatic carbocycles. The number of hydrogen-bond acceptors (Lipinski definition) is 3. The summed E-state index contributed by atoms with van der Waals surface area (Å²) in [7, 11) is 1.61. The van der Waals surface area contributed by atoms with Crippen molar-refractivity contribution in [3.8, 4) is 11.8 Å². The minimum atomic E-state index is -0.324. The van der Waals surface area contributed by atoms with E-state index in [1.165, 1.54) is 30.0 Å². The van der Waals surface area contributed by atoms with Gasteiger partial charge in [-0.15, -0.1) is 11.8 Å². The molecule has 0 atom stereocenters. The van der Waals surface area contributed by atoms with Gasteiger partial charge in [0, 0.05) is 10.6 Å². The lowest BCUT2D eigenvalue weighted by atomic mass is 10.1. The van der Waals surface area contributed by atoms with E-state index in [1.54, 1.807) is 7.11 Å². The minimum Gasteiger partial charge on any atom is -0.496 e. The first kappa shape index (κ1) is 13.4. The molecule has 0 fully saturated rings. The van der Waals surface area contributed by atoms with Crippen LogP contribution >= 0.6 is 11.8 Å². The topological polar surface area (TPSA) is 33.0 Å². The zero-order valence-electron chi connectivity index (χ0n) is 10.4. The number of halogens is 1. The lowest BCUT2D eigenvalue weighted by Crippen LogP contribution is -1.91. The molecule has 0 saturated carbocycles. The van der Waals surface area contributed by atoms with Crippen LogP contribution in [-0.4, -0.2) is 7.11 Å². The van der Waals surface area contributed by atoms with Crippen LogP contribution in [0.4, 0.5) is 4.39 Å². The van der Waals surface area contributed by atoms with Gasteiger partial charge >= 0.3 is 0 Å². The van der Waals surface area contributed by atoms with Crippen molar-refractivity contribution in [2.45, 2.75) is 10.6 Å². The van der Waals surface area contributed by atoms with Crippen LogP contribution in [0, 0.1) is 17.1 Å². The van der Waals surface area contributed by atoms with Crippen LogP contribution in [0.5, 0.6) is 5.75 Å². The van der Waals surface area contributed by atoms with Crippen molar-refractivity contribution < 1.29 is 9.13 Å². The third-order valence-corrected chi connectivity index (χ3v) is 3.74. The smallest absolute Gasteiger partial charge is 0.132 e. The van der Waals surface area contributed by atoms with Crippen molar-refractivity contribution in [2.75, 3.05) is 7.11 Å². The average Bonchev–Trinajstić information content (AvgIpc) is 2.45. The summed E-state index contributed by atoms with van der Waals surface area (Å²) in [5.74, 6) is 0.984. The van der Waals surface area contributed by atoms with Crippen LogP contribution in [0.1, 0.15) is 11.1 Å². The zero-order chi connectivity index (χ0) is 13.7. The summed E-state index contributed by atoms with van der Waals surface area (Å²) >= 11 is 1.52. The molecule has 0 saturated heterocycles. The van der Waals surface area contributed by atoms with Crippen molar-refractivity contribution in [1.29, 1.82) is 5.26 Å². The summed E-state index contributed by atoms with van der Waals surface area (Å²) in [6.45, 7) is 0. The molecular formula is C15H12FNOS. The second-order valence-corrected chi connectivity index (χ2v) is 4.87. The molecule has 0 aliphatic carbocycles. The minimum absolute atomic E-state index is 0.324. The molecule has 0 unspecified atom stereocenters. The van der Waals surface area contributed by atoms with Gasteiger partial charge in [-0.25, -0.2) is 4.39 Å². The molecule has 96 valence electrons. The number of nitrogens with zero attached hydrogens (tertiary/aromatic N) is 1. The first-order valence-corrected chi connectivity index (χ1v) is 6.67. The van der Waals surface area contributed by atoms with E-state index in [4.69, 9.17) is 10.00 Å². The van der Waals surface area contributed by atoms with Gasteiger partial charge in [0.1, 0.15) is 11.6 Å². The van der Waals surface area contributed by atoms with Crippen LogP contribution in [0.15, 0.2) is 47.4 Å². The fraction of sp³-hybridized carbons (Fsp3) is 0.133. The Bertz CT molecular complexity index is 622. The molecule has 2 rings (SSSR count). The SMILES string of the molecule is COc1ccccc1SCc1cc(F)ccc1C#N. The Hall–Kier alpha value is -1.99. The molecule has 0 radical (unpaired) electrons. The first-order chi connectivity index (χ1) is 9.24. The van der Waals surface area contributed by atoms with Crippen molar-refractivity contribution in [3.05, 3.63) is 59.4 Å². The number of rotatable bonds is 4. The normalized spacial score (nSPS) is 9.95. The van der Waals surface area contributed by atoms with E-state index in [9.17, 15) is 4.39 Å². The van der Waals surface area contributed by atoms with Gasteiger partial charge < -0.3 is 4.74 Å². The Morgan fingerprint density at radius 3 is 2.79 bits per heavy atom. The number of methoxy groups -OCH3 is 1. The van der Waals surface area contributed by atoms with E-state index in [0.29, 0.717) is 16.9 Å². The van der Waals surface area contributed by atoms with Gasteiger partial charge in [-0.3, -0.25) is 0 Å². The van der Waals surface area contributed by atoms with Crippen LogP contribution in [0.25, 0.3) is 0 Å². The first-order valence-electron chi connectivity index (χ1n) is 5.69. The van der Waals surface area contributed by atoms with Crippen molar-refractivity contribution in [2.24, 2.45) is 0 Å². The monoisotopic (exact) mass is 273 g/mol. The highest BCUT2D eigenvalue weighted by Gasteiger charge is 2.07. The van der Waals surface area contributed by atoms with Crippen LogP contribution in [-0.2, 0) is 5.75 Å². The Morgan fingerprint density at radius 1 is 1.26 bits per heavy atom. The van der Waals surface area contributed by atoms with E-state index in [1.807, 2.05) is 24.3 Å². The van der Waals surface area contributed by atoms with E-state index in [2.05, 4.69) is 6.07 Å². The molecule has 0 aliphatic heterocycles. The Balaban J connectivity index is 2.19. The van der Waals surface area contributed by atoms with Crippen molar-refractivity contribution >= 4 is 11.8 Å². The van der Waals surface area contributed by atoms with Gasteiger partial charge in [-0.1, -0.05) is 12.1 Å². The van der Waals surface area contributed by atoms with Crippen LogP contribution in [0.3, 0.4) is 0 Å². The van der Waals surface area contributed by atoms with Gasteiger partial charge in [-0.2, -0.15) is 5.26 Å². The predicted molar refractivity (Wildman–Crippen MR) is 73.7 cm³/mol. The molecule has 0 amide bonds. The second kappa shape index (κ2) is 6.26. The fourth-order valence-electron chi connectivity index (χ4n) is 1.68. The fourth-order valence-corrected chi connectivity index (χ4v) is 2.70. The maximum absolute atomic E-state index is 13.2. The third-order valence-electron chi connectivity index (χ3n) is 2.64. The highest BCUT2D eigenvalue weighted by atomic mass is 32.2. The van der Waals surface area contributed by atoms with Crippen molar-refractivity contribution in [1.82, 2.24) is 0 Å². The molecule has 0 aliphatic rings. The summed E-state index contributed by atoms with van der Waals surface area (Å²) in [6.07, 6.45) is 0. The number of benzene rings is 2. The number of para-hydroxylation sites is 1. The molecular weight excluding hydrogens is 261 g/mol. The number of ether oxygens (including phenoxy) is 1. The Morgan fingerprint density at radius 2 is 2.05 bits per heavy atom. The van der Waals surface area contributed by atoms with E-state index < -0.39 is 0 Å². The molecule has 19 heavy (non-hydrogen) atoms. The Kier molecular flexibility index (Phi) is 4.43. The molecule has 0 spiro atoms. The number of hydrogen-bond donors (Lipinski definition) is 0. The van der Waals surface area contributed by atoms with E-state index >= 15 is 0 Å². The summed E-state index contributed by atoms with van der Waals surface area (Å²) < 4.78 is 18.5. The third kappa shape index (κ3) is 3.27. The highest BCUT2D eigenvalue weighted by molar-refractivity contribution is 7.98. The summed E-state index contributed by atoms with van der Waals surface area (Å²) in [6, 6.07) is 13.9. The molecule has 0 N–H and O–H groups in total. The Labute approximate surface area is 115 Å². The summed E-state index contributed by atoms with van der Waals surface area (Å²) in [5, 5.41) is 9.00. The predicted octanol–water partition coefficient (Wildman–Crippen LogP) is 4.00. The van der Waals surface area contributed by atoms with Gasteiger partial charge in [0.15, 0.2) is 0 Å². The van der Waals surface area contributed by atoms with Crippen LogP contribution in [0.2, 0.25) is 0 Å². The van der Waals surface area contributed by atoms with Crippen molar-refractivity contribution in [3.63, 3.8) is 0 Å². The largest absolute Gasteiger partial charge is 0.496 e. The molecule has 4 heteroatoms. The molecule has 0 heterocycles. The maximum Gasteiger partial charge on any atom is 0.132 e. The van der Waals surface area contributed by atoms with Gasteiger partial charge in [0.05, 0.1) is 18.7 Å². The maximum atomic E-state index is 13.2. The standard InChI is InChI=1S/C15H12FNOS/c1-18-14-4-2-3-5-15(14)19-10-12-8-13(16)7-6-11(12)9-17/h2-8H,10H2,1H3.